The van der Waals surface area contributed by atoms with Crippen molar-refractivity contribution < 1.29 is 14.2 Å². The first-order valence-electron chi connectivity index (χ1n) is 6.84. The van der Waals surface area contributed by atoms with Crippen LogP contribution < -0.4 is 9.47 Å². The van der Waals surface area contributed by atoms with Gasteiger partial charge in [-0.2, -0.15) is 9.97 Å². The third kappa shape index (κ3) is 3.80. The van der Waals surface area contributed by atoms with E-state index in [0.29, 0.717) is 18.5 Å². The summed E-state index contributed by atoms with van der Waals surface area (Å²) in [6.45, 7) is 5.62. The van der Waals surface area contributed by atoms with E-state index in [1.807, 2.05) is 6.07 Å². The molecule has 0 amide bonds. The van der Waals surface area contributed by atoms with Crippen molar-refractivity contribution in [3.63, 3.8) is 0 Å². The molecule has 106 valence electrons. The molecule has 0 aromatic carbocycles. The lowest BCUT2D eigenvalue weighted by Crippen LogP contribution is -2.26. The van der Waals surface area contributed by atoms with Gasteiger partial charge in [0.2, 0.25) is 5.88 Å². The molecule has 1 aromatic rings. The predicted octanol–water partition coefficient (Wildman–Crippen LogP) is 2.39. The topological polar surface area (TPSA) is 53.5 Å². The van der Waals surface area contributed by atoms with Gasteiger partial charge in [0, 0.05) is 19.1 Å². The monoisotopic (exact) mass is 266 g/mol. The molecule has 0 N–H and O–H groups in total. The highest BCUT2D eigenvalue weighted by Gasteiger charge is 2.30. The van der Waals surface area contributed by atoms with Gasteiger partial charge in [0.1, 0.15) is 0 Å². The molecular weight excluding hydrogens is 244 g/mol. The first kappa shape index (κ1) is 14.1. The Labute approximate surface area is 114 Å². The Morgan fingerprint density at radius 1 is 1.42 bits per heavy atom. The second-order valence-electron chi connectivity index (χ2n) is 5.11. The molecule has 1 aliphatic heterocycles. The fourth-order valence-electron chi connectivity index (χ4n) is 2.26. The van der Waals surface area contributed by atoms with E-state index in [1.54, 1.807) is 7.11 Å². The molecular formula is C14H22N2O3. The van der Waals surface area contributed by atoms with Crippen molar-refractivity contribution in [3.05, 3.63) is 11.8 Å². The summed E-state index contributed by atoms with van der Waals surface area (Å²) >= 11 is 0. The van der Waals surface area contributed by atoms with E-state index in [9.17, 15) is 0 Å². The van der Waals surface area contributed by atoms with Crippen molar-refractivity contribution in [1.82, 2.24) is 9.97 Å². The highest BCUT2D eigenvalue weighted by molar-refractivity contribution is 5.20. The third-order valence-electron chi connectivity index (χ3n) is 3.24. The fraction of sp³-hybridized carbons (Fsp3) is 0.714. The Balaban J connectivity index is 2.14. The molecule has 0 bridgehead atoms. The molecule has 5 nitrogen and oxygen atoms in total. The van der Waals surface area contributed by atoms with Crippen LogP contribution in [0.25, 0.3) is 0 Å². The van der Waals surface area contributed by atoms with Gasteiger partial charge in [0.25, 0.3) is 0 Å². The standard InChI is InChI=1S/C14H22N2O3/c1-4-7-18-13-15-11(9-12(16-13)17-3)10-14(2)6-5-8-19-14/h9H,4-8,10H2,1-3H3/t14-/m1/s1. The molecule has 0 unspecified atom stereocenters. The maximum absolute atomic E-state index is 5.80. The van der Waals surface area contributed by atoms with Gasteiger partial charge in [-0.3, -0.25) is 0 Å². The molecule has 0 aliphatic carbocycles. The highest BCUT2D eigenvalue weighted by Crippen LogP contribution is 2.29. The average Bonchev–Trinajstić information content (AvgIpc) is 2.82. The molecule has 19 heavy (non-hydrogen) atoms. The van der Waals surface area contributed by atoms with E-state index >= 15 is 0 Å². The van der Waals surface area contributed by atoms with Crippen molar-refractivity contribution in [3.8, 4) is 11.9 Å². The van der Waals surface area contributed by atoms with Crippen molar-refractivity contribution in [2.45, 2.75) is 45.1 Å². The molecule has 0 saturated carbocycles. The molecule has 1 aromatic heterocycles. The predicted molar refractivity (Wildman–Crippen MR) is 71.7 cm³/mol. The number of aromatic nitrogens is 2. The number of methoxy groups -OCH3 is 1. The summed E-state index contributed by atoms with van der Waals surface area (Å²) in [6, 6.07) is 2.24. The molecule has 2 heterocycles. The van der Waals surface area contributed by atoms with Crippen LogP contribution in [0.2, 0.25) is 0 Å². The smallest absolute Gasteiger partial charge is 0.319 e. The summed E-state index contributed by atoms with van der Waals surface area (Å²) in [5.74, 6) is 0.540. The van der Waals surface area contributed by atoms with Gasteiger partial charge in [-0.1, -0.05) is 6.92 Å². The van der Waals surface area contributed by atoms with E-state index in [4.69, 9.17) is 14.2 Å². The molecule has 1 fully saturated rings. The molecule has 1 atom stereocenters. The fourth-order valence-corrected chi connectivity index (χ4v) is 2.26. The molecule has 0 radical (unpaired) electrons. The zero-order valence-corrected chi connectivity index (χ0v) is 11.9. The summed E-state index contributed by atoms with van der Waals surface area (Å²) in [5.41, 5.74) is 0.781. The van der Waals surface area contributed by atoms with Crippen molar-refractivity contribution in [1.29, 1.82) is 0 Å². The maximum Gasteiger partial charge on any atom is 0.319 e. The van der Waals surface area contributed by atoms with Crippen LogP contribution in [0.5, 0.6) is 11.9 Å². The highest BCUT2D eigenvalue weighted by atomic mass is 16.5. The largest absolute Gasteiger partial charge is 0.481 e. The second-order valence-corrected chi connectivity index (χ2v) is 5.11. The zero-order chi connectivity index (χ0) is 13.7. The van der Waals surface area contributed by atoms with Gasteiger partial charge in [-0.05, 0) is 26.2 Å². The Hall–Kier alpha value is -1.36. The average molecular weight is 266 g/mol. The third-order valence-corrected chi connectivity index (χ3v) is 3.24. The number of rotatable bonds is 6. The van der Waals surface area contributed by atoms with Crippen LogP contribution in [0, 0.1) is 0 Å². The van der Waals surface area contributed by atoms with E-state index in [-0.39, 0.29) is 5.60 Å². The lowest BCUT2D eigenvalue weighted by atomic mass is 9.96. The van der Waals surface area contributed by atoms with Crippen LogP contribution in [0.1, 0.15) is 38.8 Å². The summed E-state index contributed by atoms with van der Waals surface area (Å²) in [7, 11) is 1.60. The maximum atomic E-state index is 5.80. The minimum Gasteiger partial charge on any atom is -0.481 e. The van der Waals surface area contributed by atoms with Gasteiger partial charge in [-0.25, -0.2) is 0 Å². The van der Waals surface area contributed by atoms with E-state index in [0.717, 1.165) is 38.0 Å². The van der Waals surface area contributed by atoms with Gasteiger partial charge in [0.15, 0.2) is 0 Å². The van der Waals surface area contributed by atoms with Crippen LogP contribution in [-0.2, 0) is 11.2 Å². The molecule has 0 spiro atoms. The summed E-state index contributed by atoms with van der Waals surface area (Å²) in [5, 5.41) is 0. The van der Waals surface area contributed by atoms with Crippen molar-refractivity contribution >= 4 is 0 Å². The lowest BCUT2D eigenvalue weighted by Gasteiger charge is -2.22. The van der Waals surface area contributed by atoms with E-state index < -0.39 is 0 Å². The van der Waals surface area contributed by atoms with Crippen molar-refractivity contribution in [2.75, 3.05) is 20.3 Å². The quantitative estimate of drug-likeness (QED) is 0.791. The Morgan fingerprint density at radius 3 is 2.89 bits per heavy atom. The summed E-state index contributed by atoms with van der Waals surface area (Å²) in [4.78, 5) is 8.62. The molecule has 1 saturated heterocycles. The Bertz CT molecular complexity index is 417. The van der Waals surface area contributed by atoms with Crippen LogP contribution in [0.3, 0.4) is 0 Å². The Kier molecular flexibility index (Phi) is 4.58. The van der Waals surface area contributed by atoms with Gasteiger partial charge < -0.3 is 14.2 Å². The van der Waals surface area contributed by atoms with Crippen LogP contribution in [0.4, 0.5) is 0 Å². The Morgan fingerprint density at radius 2 is 2.26 bits per heavy atom. The first-order chi connectivity index (χ1) is 9.15. The molecule has 2 rings (SSSR count). The second kappa shape index (κ2) is 6.19. The van der Waals surface area contributed by atoms with Crippen LogP contribution in [-0.4, -0.2) is 35.9 Å². The minimum atomic E-state index is -0.124. The van der Waals surface area contributed by atoms with E-state index in [2.05, 4.69) is 23.8 Å². The van der Waals surface area contributed by atoms with Crippen molar-refractivity contribution in [2.24, 2.45) is 0 Å². The normalized spacial score (nSPS) is 22.5. The summed E-state index contributed by atoms with van der Waals surface area (Å²) in [6.07, 6.45) is 3.85. The zero-order valence-electron chi connectivity index (χ0n) is 11.9. The molecule has 1 aliphatic rings. The number of nitrogens with zero attached hydrogens (tertiary/aromatic N) is 2. The van der Waals surface area contributed by atoms with Crippen LogP contribution >= 0.6 is 0 Å². The molecule has 5 heteroatoms. The first-order valence-corrected chi connectivity index (χ1v) is 6.84. The van der Waals surface area contributed by atoms with Gasteiger partial charge >= 0.3 is 6.01 Å². The van der Waals surface area contributed by atoms with Crippen LogP contribution in [0.15, 0.2) is 6.07 Å². The minimum absolute atomic E-state index is 0.124. The summed E-state index contributed by atoms with van der Waals surface area (Å²) < 4.78 is 16.5. The number of hydrogen-bond donors (Lipinski definition) is 0. The number of hydrogen-bond acceptors (Lipinski definition) is 5. The lowest BCUT2D eigenvalue weighted by molar-refractivity contribution is 0.0198. The van der Waals surface area contributed by atoms with Gasteiger partial charge in [-0.15, -0.1) is 0 Å². The van der Waals surface area contributed by atoms with Gasteiger partial charge in [0.05, 0.1) is 25.0 Å². The SMILES string of the molecule is CCCOc1nc(C[C@@]2(C)CCCO2)cc(OC)n1. The van der Waals surface area contributed by atoms with E-state index in [1.165, 1.54) is 0 Å². The number of ether oxygens (including phenoxy) is 3.